The molecule has 2 aromatic carbocycles. The quantitative estimate of drug-likeness (QED) is 0.888. The van der Waals surface area contributed by atoms with Gasteiger partial charge in [-0.05, 0) is 67.0 Å². The number of aryl methyl sites for hydroxylation is 3. The second kappa shape index (κ2) is 5.41. The summed E-state index contributed by atoms with van der Waals surface area (Å²) in [5.74, 6) is 0. The van der Waals surface area contributed by atoms with Crippen LogP contribution in [0.25, 0.3) is 0 Å². The molecule has 1 aliphatic carbocycles. The average Bonchev–Trinajstić information content (AvgIpc) is 2.84. The van der Waals surface area contributed by atoms with E-state index >= 15 is 0 Å². The fraction of sp³-hybridized carbons (Fsp3) is 0.368. The molecule has 0 saturated carbocycles. The van der Waals surface area contributed by atoms with Crippen LogP contribution in [0.3, 0.4) is 0 Å². The minimum atomic E-state index is 0.591. The van der Waals surface area contributed by atoms with E-state index in [0.29, 0.717) is 6.04 Å². The van der Waals surface area contributed by atoms with E-state index in [-0.39, 0.29) is 0 Å². The molecule has 0 aliphatic heterocycles. The predicted octanol–water partition coefficient (Wildman–Crippen LogP) is 3.87. The zero-order valence-electron chi connectivity index (χ0n) is 12.7. The van der Waals surface area contributed by atoms with E-state index in [4.69, 9.17) is 0 Å². The third kappa shape index (κ3) is 2.64. The lowest BCUT2D eigenvalue weighted by Crippen LogP contribution is -2.29. The van der Waals surface area contributed by atoms with Crippen molar-refractivity contribution in [3.8, 4) is 0 Å². The summed E-state index contributed by atoms with van der Waals surface area (Å²) in [6.07, 6.45) is 2.33. The van der Waals surface area contributed by atoms with E-state index in [9.17, 15) is 0 Å². The van der Waals surface area contributed by atoms with Crippen LogP contribution in [0, 0.1) is 20.8 Å². The van der Waals surface area contributed by atoms with E-state index in [1.165, 1.54) is 46.2 Å². The molecule has 0 aromatic heterocycles. The van der Waals surface area contributed by atoms with Crippen LogP contribution in [0.4, 0.5) is 0 Å². The molecule has 1 heteroatoms. The van der Waals surface area contributed by atoms with Gasteiger partial charge in [-0.2, -0.15) is 0 Å². The number of benzene rings is 2. The Labute approximate surface area is 122 Å². The van der Waals surface area contributed by atoms with Crippen molar-refractivity contribution in [2.24, 2.45) is 0 Å². The minimum Gasteiger partial charge on any atom is -0.309 e. The van der Waals surface area contributed by atoms with Crippen LogP contribution in [0.15, 0.2) is 36.4 Å². The molecule has 0 fully saturated rings. The maximum absolute atomic E-state index is 3.73. The van der Waals surface area contributed by atoms with Gasteiger partial charge < -0.3 is 5.32 Å². The highest BCUT2D eigenvalue weighted by Crippen LogP contribution is 2.22. The second-order valence-electron chi connectivity index (χ2n) is 6.12. The normalized spacial score (nSPS) is 14.6. The van der Waals surface area contributed by atoms with Gasteiger partial charge in [0.25, 0.3) is 0 Å². The molecule has 0 atom stereocenters. The second-order valence-corrected chi connectivity index (χ2v) is 6.12. The summed E-state index contributed by atoms with van der Waals surface area (Å²) in [5.41, 5.74) is 8.64. The number of fused-ring (bicyclic) bond motifs is 1. The molecule has 0 radical (unpaired) electrons. The molecule has 20 heavy (non-hydrogen) atoms. The molecular formula is C19H23N. The van der Waals surface area contributed by atoms with E-state index < -0.39 is 0 Å². The van der Waals surface area contributed by atoms with Crippen molar-refractivity contribution in [2.75, 3.05) is 0 Å². The first-order chi connectivity index (χ1) is 9.63. The van der Waals surface area contributed by atoms with Gasteiger partial charge in [0.2, 0.25) is 0 Å². The monoisotopic (exact) mass is 265 g/mol. The van der Waals surface area contributed by atoms with E-state index in [0.717, 1.165) is 6.54 Å². The Bertz CT molecular complexity index is 603. The lowest BCUT2D eigenvalue weighted by molar-refractivity contribution is 0.532. The highest BCUT2D eigenvalue weighted by atomic mass is 14.9. The summed E-state index contributed by atoms with van der Waals surface area (Å²) in [4.78, 5) is 0. The van der Waals surface area contributed by atoms with Crippen LogP contribution in [0.1, 0.15) is 33.4 Å². The zero-order valence-corrected chi connectivity index (χ0v) is 12.7. The third-order valence-corrected chi connectivity index (χ3v) is 4.58. The molecule has 1 aliphatic rings. The van der Waals surface area contributed by atoms with Crippen LogP contribution in [-0.2, 0) is 19.4 Å². The average molecular weight is 265 g/mol. The summed E-state index contributed by atoms with van der Waals surface area (Å²) in [5, 5.41) is 3.73. The number of hydrogen-bond acceptors (Lipinski definition) is 1. The topological polar surface area (TPSA) is 12.0 Å². The Morgan fingerprint density at radius 3 is 2.15 bits per heavy atom. The first-order valence-corrected chi connectivity index (χ1v) is 7.50. The summed E-state index contributed by atoms with van der Waals surface area (Å²) in [6.45, 7) is 7.58. The van der Waals surface area contributed by atoms with Crippen LogP contribution in [0.5, 0.6) is 0 Å². The molecule has 3 rings (SSSR count). The minimum absolute atomic E-state index is 0.591. The van der Waals surface area contributed by atoms with Gasteiger partial charge in [0.05, 0.1) is 0 Å². The fourth-order valence-corrected chi connectivity index (χ4v) is 3.17. The van der Waals surface area contributed by atoms with Crippen molar-refractivity contribution in [2.45, 2.75) is 46.2 Å². The smallest absolute Gasteiger partial charge is 0.0211 e. The first kappa shape index (κ1) is 13.4. The Balaban J connectivity index is 1.66. The maximum Gasteiger partial charge on any atom is 0.0211 e. The molecule has 0 saturated heterocycles. The number of hydrogen-bond donors (Lipinski definition) is 1. The Kier molecular flexibility index (Phi) is 3.62. The highest BCUT2D eigenvalue weighted by molar-refractivity contribution is 5.37. The van der Waals surface area contributed by atoms with Gasteiger partial charge in [0.1, 0.15) is 0 Å². The van der Waals surface area contributed by atoms with Gasteiger partial charge in [-0.1, -0.05) is 36.4 Å². The number of nitrogens with one attached hydrogen (secondary N) is 1. The largest absolute Gasteiger partial charge is 0.309 e. The Morgan fingerprint density at radius 1 is 0.900 bits per heavy atom. The molecular weight excluding hydrogens is 242 g/mol. The van der Waals surface area contributed by atoms with E-state index in [1.807, 2.05) is 0 Å². The molecule has 2 aromatic rings. The summed E-state index contributed by atoms with van der Waals surface area (Å²) < 4.78 is 0. The molecule has 1 nitrogen and oxygen atoms in total. The van der Waals surface area contributed by atoms with Crippen molar-refractivity contribution in [1.82, 2.24) is 5.32 Å². The van der Waals surface area contributed by atoms with Crippen molar-refractivity contribution in [3.63, 3.8) is 0 Å². The van der Waals surface area contributed by atoms with Gasteiger partial charge in [0, 0.05) is 12.6 Å². The molecule has 0 amide bonds. The first-order valence-electron chi connectivity index (χ1n) is 7.50. The molecule has 1 N–H and O–H groups in total. The Hall–Kier alpha value is -1.60. The van der Waals surface area contributed by atoms with Crippen LogP contribution < -0.4 is 5.32 Å². The highest BCUT2D eigenvalue weighted by Gasteiger charge is 2.20. The summed E-state index contributed by atoms with van der Waals surface area (Å²) >= 11 is 0. The standard InChI is InChI=1S/C19H23N/c1-13-8-15(3)18(9-14(13)2)12-20-19-10-16-6-4-5-7-17(16)11-19/h4-9,19-20H,10-12H2,1-3H3. The fourth-order valence-electron chi connectivity index (χ4n) is 3.17. The van der Waals surface area contributed by atoms with Crippen LogP contribution in [-0.4, -0.2) is 6.04 Å². The Morgan fingerprint density at radius 2 is 1.50 bits per heavy atom. The molecule has 0 unspecified atom stereocenters. The SMILES string of the molecule is Cc1cc(C)c(CNC2Cc3ccccc3C2)cc1C. The van der Waals surface area contributed by atoms with E-state index in [2.05, 4.69) is 62.5 Å². The van der Waals surface area contributed by atoms with Crippen molar-refractivity contribution in [1.29, 1.82) is 0 Å². The maximum atomic E-state index is 3.73. The van der Waals surface area contributed by atoms with Crippen molar-refractivity contribution in [3.05, 3.63) is 69.8 Å². The van der Waals surface area contributed by atoms with Gasteiger partial charge in [0.15, 0.2) is 0 Å². The lowest BCUT2D eigenvalue weighted by atomic mass is 10.0. The van der Waals surface area contributed by atoms with Crippen molar-refractivity contribution >= 4 is 0 Å². The molecule has 104 valence electrons. The summed E-state index contributed by atoms with van der Waals surface area (Å²) in [7, 11) is 0. The van der Waals surface area contributed by atoms with Crippen LogP contribution >= 0.6 is 0 Å². The van der Waals surface area contributed by atoms with E-state index in [1.54, 1.807) is 0 Å². The summed E-state index contributed by atoms with van der Waals surface area (Å²) in [6, 6.07) is 14.0. The van der Waals surface area contributed by atoms with Gasteiger partial charge >= 0.3 is 0 Å². The van der Waals surface area contributed by atoms with Gasteiger partial charge in [-0.15, -0.1) is 0 Å². The molecule has 0 spiro atoms. The zero-order chi connectivity index (χ0) is 14.1. The van der Waals surface area contributed by atoms with Gasteiger partial charge in [-0.25, -0.2) is 0 Å². The third-order valence-electron chi connectivity index (χ3n) is 4.58. The molecule has 0 bridgehead atoms. The predicted molar refractivity (Wildman–Crippen MR) is 85.1 cm³/mol. The lowest BCUT2D eigenvalue weighted by Gasteiger charge is -2.15. The van der Waals surface area contributed by atoms with Gasteiger partial charge in [-0.3, -0.25) is 0 Å². The molecule has 0 heterocycles. The van der Waals surface area contributed by atoms with Crippen molar-refractivity contribution < 1.29 is 0 Å². The number of rotatable bonds is 3. The van der Waals surface area contributed by atoms with Crippen LogP contribution in [0.2, 0.25) is 0 Å².